The van der Waals surface area contributed by atoms with Crippen molar-refractivity contribution in [3.8, 4) is 0 Å². The van der Waals surface area contributed by atoms with Gasteiger partial charge in [-0.15, -0.1) is 0 Å². The van der Waals surface area contributed by atoms with Crippen LogP contribution in [-0.4, -0.2) is 23.1 Å². The Labute approximate surface area is 114 Å². The Bertz CT molecular complexity index is 498. The highest BCUT2D eigenvalue weighted by Gasteiger charge is 2.20. The number of rotatable bonds is 3. The van der Waals surface area contributed by atoms with Crippen LogP contribution in [-0.2, 0) is 6.42 Å². The van der Waals surface area contributed by atoms with Crippen LogP contribution in [0.5, 0.6) is 0 Å². The Balaban J connectivity index is 1.65. The van der Waals surface area contributed by atoms with Crippen molar-refractivity contribution in [3.05, 3.63) is 54.5 Å². The molecule has 1 fully saturated rings. The predicted molar refractivity (Wildman–Crippen MR) is 77.1 cm³/mol. The molecule has 0 N–H and O–H groups in total. The quantitative estimate of drug-likeness (QED) is 0.842. The first-order valence-electron chi connectivity index (χ1n) is 6.97. The molecule has 0 saturated carbocycles. The molecule has 0 bridgehead atoms. The molecule has 3 rings (SSSR count). The fourth-order valence-corrected chi connectivity index (χ4v) is 2.83. The standard InChI is InChI=1S/C16H19N3/c1-2-9-18-16(7-1)19-10-4-6-15(13-19)11-14-5-3-8-17-12-14/h1-3,5,7-9,12,15H,4,6,10-11,13H2/t15-/m0/s1. The second kappa shape index (κ2) is 5.83. The van der Waals surface area contributed by atoms with Crippen molar-refractivity contribution in [1.29, 1.82) is 0 Å². The van der Waals surface area contributed by atoms with Crippen LogP contribution < -0.4 is 4.90 Å². The summed E-state index contributed by atoms with van der Waals surface area (Å²) in [5.41, 5.74) is 1.34. The first-order valence-corrected chi connectivity index (χ1v) is 6.97. The minimum atomic E-state index is 0.708. The van der Waals surface area contributed by atoms with Crippen LogP contribution in [0.4, 0.5) is 5.82 Å². The summed E-state index contributed by atoms with van der Waals surface area (Å²) < 4.78 is 0. The lowest BCUT2D eigenvalue weighted by Crippen LogP contribution is -2.36. The van der Waals surface area contributed by atoms with Gasteiger partial charge in [0.15, 0.2) is 0 Å². The van der Waals surface area contributed by atoms with E-state index in [1.54, 1.807) is 0 Å². The van der Waals surface area contributed by atoms with Gasteiger partial charge < -0.3 is 4.90 Å². The molecule has 1 aliphatic heterocycles. The van der Waals surface area contributed by atoms with Crippen molar-refractivity contribution in [3.63, 3.8) is 0 Å². The van der Waals surface area contributed by atoms with Gasteiger partial charge in [-0.05, 0) is 48.9 Å². The number of pyridine rings is 2. The van der Waals surface area contributed by atoms with Crippen molar-refractivity contribution in [2.45, 2.75) is 19.3 Å². The van der Waals surface area contributed by atoms with Gasteiger partial charge in [0.05, 0.1) is 0 Å². The summed E-state index contributed by atoms with van der Waals surface area (Å²) >= 11 is 0. The van der Waals surface area contributed by atoms with E-state index in [0.29, 0.717) is 5.92 Å². The number of anilines is 1. The van der Waals surface area contributed by atoms with Gasteiger partial charge in [-0.2, -0.15) is 0 Å². The molecule has 1 aliphatic rings. The normalized spacial score (nSPS) is 19.4. The maximum absolute atomic E-state index is 4.46. The molecule has 98 valence electrons. The van der Waals surface area contributed by atoms with E-state index < -0.39 is 0 Å². The molecule has 0 amide bonds. The summed E-state index contributed by atoms with van der Waals surface area (Å²) in [7, 11) is 0. The molecule has 0 unspecified atom stereocenters. The number of piperidine rings is 1. The summed E-state index contributed by atoms with van der Waals surface area (Å²) in [5.74, 6) is 1.82. The lowest BCUT2D eigenvalue weighted by atomic mass is 9.92. The molecule has 0 spiro atoms. The third kappa shape index (κ3) is 3.11. The van der Waals surface area contributed by atoms with Gasteiger partial charge in [-0.1, -0.05) is 12.1 Å². The van der Waals surface area contributed by atoms with E-state index >= 15 is 0 Å². The van der Waals surface area contributed by atoms with Crippen LogP contribution in [0.15, 0.2) is 48.9 Å². The van der Waals surface area contributed by atoms with Crippen LogP contribution in [0.3, 0.4) is 0 Å². The van der Waals surface area contributed by atoms with Gasteiger partial charge in [0, 0.05) is 31.7 Å². The second-order valence-corrected chi connectivity index (χ2v) is 5.21. The largest absolute Gasteiger partial charge is 0.356 e. The molecule has 0 aromatic carbocycles. The molecule has 1 atom stereocenters. The van der Waals surface area contributed by atoms with Crippen molar-refractivity contribution in [2.75, 3.05) is 18.0 Å². The van der Waals surface area contributed by atoms with E-state index in [0.717, 1.165) is 25.3 Å². The molecule has 0 aliphatic carbocycles. The number of hydrogen-bond acceptors (Lipinski definition) is 3. The first-order chi connectivity index (χ1) is 9.42. The highest BCUT2D eigenvalue weighted by Crippen LogP contribution is 2.23. The Morgan fingerprint density at radius 1 is 1.16 bits per heavy atom. The van der Waals surface area contributed by atoms with E-state index in [2.05, 4.69) is 33.1 Å². The zero-order valence-electron chi connectivity index (χ0n) is 11.1. The van der Waals surface area contributed by atoms with Crippen molar-refractivity contribution in [1.82, 2.24) is 9.97 Å². The van der Waals surface area contributed by atoms with Crippen LogP contribution in [0.2, 0.25) is 0 Å². The fourth-order valence-electron chi connectivity index (χ4n) is 2.83. The maximum Gasteiger partial charge on any atom is 0.128 e. The average molecular weight is 253 g/mol. The average Bonchev–Trinajstić information content (AvgIpc) is 2.49. The Hall–Kier alpha value is -1.90. The molecule has 3 heteroatoms. The highest BCUT2D eigenvalue weighted by atomic mass is 15.2. The highest BCUT2D eigenvalue weighted by molar-refractivity contribution is 5.38. The van der Waals surface area contributed by atoms with Crippen molar-refractivity contribution in [2.24, 2.45) is 5.92 Å². The third-order valence-corrected chi connectivity index (χ3v) is 3.74. The van der Waals surface area contributed by atoms with Gasteiger partial charge in [-0.3, -0.25) is 4.98 Å². The monoisotopic (exact) mass is 253 g/mol. The lowest BCUT2D eigenvalue weighted by Gasteiger charge is -2.33. The predicted octanol–water partition coefficient (Wildman–Crippen LogP) is 2.94. The van der Waals surface area contributed by atoms with E-state index in [-0.39, 0.29) is 0 Å². The fraction of sp³-hybridized carbons (Fsp3) is 0.375. The van der Waals surface area contributed by atoms with E-state index in [1.165, 1.54) is 18.4 Å². The zero-order valence-corrected chi connectivity index (χ0v) is 11.1. The summed E-state index contributed by atoms with van der Waals surface area (Å²) in [5, 5.41) is 0. The molecule has 3 heterocycles. The maximum atomic E-state index is 4.46. The smallest absolute Gasteiger partial charge is 0.128 e. The first kappa shape index (κ1) is 12.2. The van der Waals surface area contributed by atoms with Crippen LogP contribution >= 0.6 is 0 Å². The molecule has 19 heavy (non-hydrogen) atoms. The Morgan fingerprint density at radius 2 is 2.16 bits per heavy atom. The van der Waals surface area contributed by atoms with Gasteiger partial charge in [0.1, 0.15) is 5.82 Å². The van der Waals surface area contributed by atoms with E-state index in [9.17, 15) is 0 Å². The van der Waals surface area contributed by atoms with Crippen molar-refractivity contribution >= 4 is 5.82 Å². The second-order valence-electron chi connectivity index (χ2n) is 5.21. The summed E-state index contributed by atoms with van der Waals surface area (Å²) in [6.07, 6.45) is 9.38. The number of hydrogen-bond donors (Lipinski definition) is 0. The molecule has 0 radical (unpaired) electrons. The molecule has 3 nitrogen and oxygen atoms in total. The minimum absolute atomic E-state index is 0.708. The molecular weight excluding hydrogens is 234 g/mol. The molecule has 1 saturated heterocycles. The van der Waals surface area contributed by atoms with Gasteiger partial charge in [0.2, 0.25) is 0 Å². The Morgan fingerprint density at radius 3 is 2.95 bits per heavy atom. The zero-order chi connectivity index (χ0) is 12.9. The minimum Gasteiger partial charge on any atom is -0.356 e. The summed E-state index contributed by atoms with van der Waals surface area (Å²) in [6.45, 7) is 2.23. The van der Waals surface area contributed by atoms with Gasteiger partial charge in [-0.25, -0.2) is 4.98 Å². The Kier molecular flexibility index (Phi) is 3.73. The molecular formula is C16H19N3. The summed E-state index contributed by atoms with van der Waals surface area (Å²) in [6, 6.07) is 10.3. The van der Waals surface area contributed by atoms with Gasteiger partial charge >= 0.3 is 0 Å². The van der Waals surface area contributed by atoms with E-state index in [1.807, 2.05) is 30.7 Å². The van der Waals surface area contributed by atoms with Crippen LogP contribution in [0.1, 0.15) is 18.4 Å². The van der Waals surface area contributed by atoms with E-state index in [4.69, 9.17) is 0 Å². The molecule has 2 aromatic heterocycles. The van der Waals surface area contributed by atoms with Crippen molar-refractivity contribution < 1.29 is 0 Å². The summed E-state index contributed by atoms with van der Waals surface area (Å²) in [4.78, 5) is 11.1. The third-order valence-electron chi connectivity index (χ3n) is 3.74. The van der Waals surface area contributed by atoms with Crippen LogP contribution in [0, 0.1) is 5.92 Å². The topological polar surface area (TPSA) is 29.0 Å². The number of nitrogens with zero attached hydrogens (tertiary/aromatic N) is 3. The number of aromatic nitrogens is 2. The van der Waals surface area contributed by atoms with Gasteiger partial charge in [0.25, 0.3) is 0 Å². The van der Waals surface area contributed by atoms with Crippen LogP contribution in [0.25, 0.3) is 0 Å². The lowest BCUT2D eigenvalue weighted by molar-refractivity contribution is 0.411. The SMILES string of the molecule is c1ccc(N2CCC[C@@H](Cc3cccnc3)C2)nc1. The molecule has 2 aromatic rings.